The molecule has 0 unspecified atom stereocenters. The van der Waals surface area contributed by atoms with Crippen molar-refractivity contribution in [1.82, 2.24) is 15.0 Å². The zero-order valence-corrected chi connectivity index (χ0v) is 16.9. The fourth-order valence-corrected chi connectivity index (χ4v) is 3.48. The van der Waals surface area contributed by atoms with E-state index in [0.717, 1.165) is 16.8 Å². The lowest BCUT2D eigenvalue weighted by atomic mass is 10.1. The first-order valence-electron chi connectivity index (χ1n) is 9.99. The second kappa shape index (κ2) is 8.95. The summed E-state index contributed by atoms with van der Waals surface area (Å²) in [5.74, 6) is -0.541. The average Bonchev–Trinajstić information content (AvgIpc) is 2.79. The van der Waals surface area contributed by atoms with Crippen LogP contribution in [0.15, 0.2) is 47.3 Å². The summed E-state index contributed by atoms with van der Waals surface area (Å²) in [4.78, 5) is 26.9. The first kappa shape index (κ1) is 21.8. The largest absolute Gasteiger partial charge is 0.416 e. The molecule has 168 valence electrons. The van der Waals surface area contributed by atoms with Crippen LogP contribution in [0.1, 0.15) is 12.0 Å². The monoisotopic (exact) mass is 447 g/mol. The zero-order chi connectivity index (χ0) is 22.7. The van der Waals surface area contributed by atoms with E-state index in [1.807, 2.05) is 4.90 Å². The summed E-state index contributed by atoms with van der Waals surface area (Å²) >= 11 is 0. The van der Waals surface area contributed by atoms with Crippen molar-refractivity contribution >= 4 is 28.2 Å². The first-order valence-corrected chi connectivity index (χ1v) is 9.99. The van der Waals surface area contributed by atoms with Gasteiger partial charge in [-0.1, -0.05) is 17.3 Å². The third kappa shape index (κ3) is 4.72. The number of ether oxygens (including phenoxy) is 1. The Hall–Kier alpha value is -3.47. The standard InChI is InChI=1S/C21H20F3N5O3/c22-21(23,24)14-5-6-18(28-9-11-32-12-10-28)17(13-14)25-19(30)7-8-29-20(31)15-3-1-2-4-16(15)26-27-29/h1-6,13H,7-12H2,(H,25,30). The lowest BCUT2D eigenvalue weighted by Crippen LogP contribution is -2.37. The number of fused-ring (bicyclic) bond motifs is 1. The number of nitrogens with zero attached hydrogens (tertiary/aromatic N) is 4. The number of amides is 1. The number of carbonyl (C=O) groups excluding carboxylic acids is 1. The van der Waals surface area contributed by atoms with Crippen LogP contribution < -0.4 is 15.8 Å². The first-order chi connectivity index (χ1) is 15.3. The summed E-state index contributed by atoms with van der Waals surface area (Å²) in [6.07, 6.45) is -4.71. The second-order valence-corrected chi connectivity index (χ2v) is 7.26. The Balaban J connectivity index is 1.53. The van der Waals surface area contributed by atoms with Gasteiger partial charge in [-0.2, -0.15) is 13.2 Å². The van der Waals surface area contributed by atoms with Crippen LogP contribution in [0.3, 0.4) is 0 Å². The van der Waals surface area contributed by atoms with E-state index < -0.39 is 23.2 Å². The SMILES string of the molecule is O=C(CCn1nnc2ccccc2c1=O)Nc1cc(C(F)(F)F)ccc1N1CCOCC1. The predicted molar refractivity (Wildman–Crippen MR) is 112 cm³/mol. The van der Waals surface area contributed by atoms with Gasteiger partial charge in [-0.25, -0.2) is 4.68 Å². The molecule has 1 saturated heterocycles. The molecule has 0 aliphatic carbocycles. The van der Waals surface area contributed by atoms with Crippen molar-refractivity contribution in [1.29, 1.82) is 0 Å². The van der Waals surface area contributed by atoms with Crippen LogP contribution in [0, 0.1) is 0 Å². The highest BCUT2D eigenvalue weighted by Gasteiger charge is 2.32. The summed E-state index contributed by atoms with van der Waals surface area (Å²) in [7, 11) is 0. The number of carbonyl (C=O) groups is 1. The number of benzene rings is 2. The summed E-state index contributed by atoms with van der Waals surface area (Å²) in [6.45, 7) is 1.82. The van der Waals surface area contributed by atoms with E-state index >= 15 is 0 Å². The van der Waals surface area contributed by atoms with Crippen molar-refractivity contribution in [2.24, 2.45) is 0 Å². The second-order valence-electron chi connectivity index (χ2n) is 7.26. The maximum Gasteiger partial charge on any atom is 0.416 e. The van der Waals surface area contributed by atoms with Gasteiger partial charge in [-0.05, 0) is 30.3 Å². The predicted octanol–water partition coefficient (Wildman–Crippen LogP) is 2.68. The molecule has 1 aromatic heterocycles. The van der Waals surface area contributed by atoms with Crippen molar-refractivity contribution < 1.29 is 22.7 Å². The van der Waals surface area contributed by atoms with Crippen molar-refractivity contribution in [2.45, 2.75) is 19.1 Å². The Morgan fingerprint density at radius 3 is 2.62 bits per heavy atom. The van der Waals surface area contributed by atoms with Crippen molar-refractivity contribution in [3.8, 4) is 0 Å². The smallest absolute Gasteiger partial charge is 0.378 e. The highest BCUT2D eigenvalue weighted by Crippen LogP contribution is 2.35. The average molecular weight is 447 g/mol. The van der Waals surface area contributed by atoms with Crippen LogP contribution in [0.25, 0.3) is 10.9 Å². The molecular formula is C21H20F3N5O3. The summed E-state index contributed by atoms with van der Waals surface area (Å²) in [6, 6.07) is 9.96. The van der Waals surface area contributed by atoms with Crippen LogP contribution in [-0.2, 0) is 22.3 Å². The van der Waals surface area contributed by atoms with Crippen LogP contribution >= 0.6 is 0 Å². The molecule has 0 spiro atoms. The van der Waals surface area contributed by atoms with Gasteiger partial charge < -0.3 is 15.0 Å². The molecule has 11 heteroatoms. The third-order valence-electron chi connectivity index (χ3n) is 5.13. The Morgan fingerprint density at radius 1 is 1.12 bits per heavy atom. The van der Waals surface area contributed by atoms with Gasteiger partial charge in [0.2, 0.25) is 5.91 Å². The summed E-state index contributed by atoms with van der Waals surface area (Å²) in [5, 5.41) is 10.7. The molecule has 1 fully saturated rings. The topological polar surface area (TPSA) is 89.3 Å². The van der Waals surface area contributed by atoms with Gasteiger partial charge in [0.15, 0.2) is 0 Å². The minimum absolute atomic E-state index is 0.0590. The van der Waals surface area contributed by atoms with E-state index in [0.29, 0.717) is 42.9 Å². The number of hydrogen-bond donors (Lipinski definition) is 1. The third-order valence-corrected chi connectivity index (χ3v) is 5.13. The number of aromatic nitrogens is 3. The molecule has 1 N–H and O–H groups in total. The summed E-state index contributed by atoms with van der Waals surface area (Å²) in [5.41, 5.74) is -0.267. The highest BCUT2D eigenvalue weighted by molar-refractivity contribution is 5.94. The van der Waals surface area contributed by atoms with Gasteiger partial charge in [0.25, 0.3) is 5.56 Å². The minimum Gasteiger partial charge on any atom is -0.378 e. The number of halogens is 3. The van der Waals surface area contributed by atoms with Gasteiger partial charge in [0.05, 0.1) is 42.1 Å². The lowest BCUT2D eigenvalue weighted by molar-refractivity contribution is -0.137. The molecule has 8 nitrogen and oxygen atoms in total. The lowest BCUT2D eigenvalue weighted by Gasteiger charge is -2.31. The zero-order valence-electron chi connectivity index (χ0n) is 16.9. The maximum atomic E-state index is 13.2. The quantitative estimate of drug-likeness (QED) is 0.647. The molecule has 3 aromatic rings. The number of alkyl halides is 3. The van der Waals surface area contributed by atoms with E-state index in [2.05, 4.69) is 15.6 Å². The Kier molecular flexibility index (Phi) is 6.08. The molecule has 0 radical (unpaired) electrons. The van der Waals surface area contributed by atoms with Crippen LogP contribution in [0.2, 0.25) is 0 Å². The van der Waals surface area contributed by atoms with E-state index in [9.17, 15) is 22.8 Å². The highest BCUT2D eigenvalue weighted by atomic mass is 19.4. The van der Waals surface area contributed by atoms with Crippen LogP contribution in [0.5, 0.6) is 0 Å². The van der Waals surface area contributed by atoms with Crippen molar-refractivity contribution in [3.05, 3.63) is 58.4 Å². The number of aryl methyl sites for hydroxylation is 1. The van der Waals surface area contributed by atoms with Gasteiger partial charge in [-0.3, -0.25) is 9.59 Å². The van der Waals surface area contributed by atoms with Gasteiger partial charge in [-0.15, -0.1) is 5.10 Å². The molecule has 2 heterocycles. The Bertz CT molecular complexity index is 1190. The molecule has 0 atom stereocenters. The number of morpholine rings is 1. The molecule has 1 aliphatic rings. The molecule has 1 amide bonds. The molecule has 4 rings (SSSR count). The minimum atomic E-state index is -4.54. The van der Waals surface area contributed by atoms with Crippen LogP contribution in [-0.4, -0.2) is 47.2 Å². The van der Waals surface area contributed by atoms with E-state index in [4.69, 9.17) is 4.74 Å². The van der Waals surface area contributed by atoms with Gasteiger partial charge in [0, 0.05) is 19.5 Å². The molecule has 0 saturated carbocycles. The fourth-order valence-electron chi connectivity index (χ4n) is 3.48. The van der Waals surface area contributed by atoms with E-state index in [-0.39, 0.29) is 18.7 Å². The molecule has 0 bridgehead atoms. The summed E-state index contributed by atoms with van der Waals surface area (Å²) < 4.78 is 46.0. The number of hydrogen-bond acceptors (Lipinski definition) is 6. The van der Waals surface area contributed by atoms with E-state index in [1.54, 1.807) is 24.3 Å². The number of nitrogens with one attached hydrogen (secondary N) is 1. The maximum absolute atomic E-state index is 13.2. The fraction of sp³-hybridized carbons (Fsp3) is 0.333. The molecule has 2 aromatic carbocycles. The number of anilines is 2. The Labute approximate surface area is 180 Å². The normalized spacial score (nSPS) is 14.5. The Morgan fingerprint density at radius 2 is 1.88 bits per heavy atom. The van der Waals surface area contributed by atoms with Crippen molar-refractivity contribution in [2.75, 3.05) is 36.5 Å². The van der Waals surface area contributed by atoms with Gasteiger partial charge >= 0.3 is 6.18 Å². The molecule has 32 heavy (non-hydrogen) atoms. The molecule has 1 aliphatic heterocycles. The van der Waals surface area contributed by atoms with E-state index in [1.165, 1.54) is 6.07 Å². The molecular weight excluding hydrogens is 427 g/mol. The van der Waals surface area contributed by atoms with Gasteiger partial charge in [0.1, 0.15) is 5.52 Å². The van der Waals surface area contributed by atoms with Crippen molar-refractivity contribution in [3.63, 3.8) is 0 Å². The van der Waals surface area contributed by atoms with Crippen LogP contribution in [0.4, 0.5) is 24.5 Å². The number of rotatable bonds is 5.